The van der Waals surface area contributed by atoms with Gasteiger partial charge in [-0.15, -0.1) is 5.10 Å². The molecule has 146 valence electrons. The highest BCUT2D eigenvalue weighted by Gasteiger charge is 2.13. The van der Waals surface area contributed by atoms with Crippen LogP contribution in [0.25, 0.3) is 0 Å². The number of nitrogens with zero attached hydrogens (tertiary/aromatic N) is 3. The minimum atomic E-state index is 0.115. The zero-order valence-corrected chi connectivity index (χ0v) is 16.8. The Balaban J connectivity index is 1.76. The van der Waals surface area contributed by atoms with Gasteiger partial charge in [0.15, 0.2) is 5.82 Å². The van der Waals surface area contributed by atoms with Crippen molar-refractivity contribution in [3.8, 4) is 11.5 Å². The maximum Gasteiger partial charge on any atom is 0.249 e. The smallest absolute Gasteiger partial charge is 0.249 e. The molecule has 0 spiro atoms. The van der Waals surface area contributed by atoms with E-state index in [2.05, 4.69) is 58.7 Å². The van der Waals surface area contributed by atoms with E-state index in [1.54, 1.807) is 26.5 Å². The molecule has 1 aromatic heterocycles. The first-order valence-electron chi connectivity index (χ1n) is 8.95. The molecule has 7 nitrogen and oxygen atoms in total. The van der Waals surface area contributed by atoms with Crippen LogP contribution >= 0.6 is 0 Å². The van der Waals surface area contributed by atoms with Crippen molar-refractivity contribution in [2.75, 3.05) is 24.9 Å². The van der Waals surface area contributed by atoms with Crippen LogP contribution in [-0.4, -0.2) is 29.4 Å². The third kappa shape index (κ3) is 4.68. The lowest BCUT2D eigenvalue weighted by Crippen LogP contribution is -2.10. The van der Waals surface area contributed by atoms with Crippen molar-refractivity contribution in [1.82, 2.24) is 15.2 Å². The van der Waals surface area contributed by atoms with E-state index in [0.717, 1.165) is 11.4 Å². The zero-order chi connectivity index (χ0) is 20.1. The number of rotatable bonds is 6. The van der Waals surface area contributed by atoms with E-state index in [1.165, 1.54) is 5.56 Å². The molecule has 0 bridgehead atoms. The van der Waals surface area contributed by atoms with Crippen molar-refractivity contribution < 1.29 is 9.47 Å². The van der Waals surface area contributed by atoms with Crippen molar-refractivity contribution in [3.63, 3.8) is 0 Å². The second kappa shape index (κ2) is 8.12. The van der Waals surface area contributed by atoms with Crippen molar-refractivity contribution >= 4 is 23.1 Å². The summed E-state index contributed by atoms with van der Waals surface area (Å²) in [6, 6.07) is 13.7. The predicted octanol–water partition coefficient (Wildman–Crippen LogP) is 4.67. The molecule has 1 heterocycles. The van der Waals surface area contributed by atoms with E-state index in [0.29, 0.717) is 23.3 Å². The number of hydrogen-bond acceptors (Lipinski definition) is 7. The molecule has 0 radical (unpaired) electrons. The summed E-state index contributed by atoms with van der Waals surface area (Å²) >= 11 is 0. The highest BCUT2D eigenvalue weighted by Crippen LogP contribution is 2.31. The number of anilines is 4. The van der Waals surface area contributed by atoms with E-state index in [1.807, 2.05) is 24.3 Å². The molecule has 0 aliphatic heterocycles. The van der Waals surface area contributed by atoms with Crippen LogP contribution in [0, 0.1) is 0 Å². The largest absolute Gasteiger partial charge is 0.497 e. The number of methoxy groups -OCH3 is 2. The van der Waals surface area contributed by atoms with Crippen molar-refractivity contribution in [1.29, 1.82) is 0 Å². The fraction of sp³-hybridized carbons (Fsp3) is 0.286. The summed E-state index contributed by atoms with van der Waals surface area (Å²) in [5.41, 5.74) is 3.04. The lowest BCUT2D eigenvalue weighted by molar-refractivity contribution is 0.395. The molecular weight excluding hydrogens is 354 g/mol. The van der Waals surface area contributed by atoms with Gasteiger partial charge in [-0.1, -0.05) is 32.9 Å². The maximum absolute atomic E-state index is 5.39. The van der Waals surface area contributed by atoms with E-state index in [-0.39, 0.29) is 5.41 Å². The Kier molecular flexibility index (Phi) is 5.63. The molecule has 2 aromatic carbocycles. The van der Waals surface area contributed by atoms with Crippen LogP contribution in [0.2, 0.25) is 0 Å². The Labute approximate surface area is 165 Å². The highest BCUT2D eigenvalue weighted by molar-refractivity contribution is 5.65. The number of aromatic nitrogens is 3. The molecule has 0 unspecified atom stereocenters. The van der Waals surface area contributed by atoms with E-state index in [4.69, 9.17) is 9.47 Å². The fourth-order valence-electron chi connectivity index (χ4n) is 2.64. The minimum Gasteiger partial charge on any atom is -0.497 e. The minimum absolute atomic E-state index is 0.115. The first-order chi connectivity index (χ1) is 13.4. The molecule has 0 fully saturated rings. The number of benzene rings is 2. The molecule has 0 saturated carbocycles. The Bertz CT molecular complexity index is 936. The summed E-state index contributed by atoms with van der Waals surface area (Å²) in [5.74, 6) is 2.28. The molecule has 28 heavy (non-hydrogen) atoms. The van der Waals surface area contributed by atoms with Crippen molar-refractivity contribution in [2.45, 2.75) is 26.2 Å². The first kappa shape index (κ1) is 19.4. The average Bonchev–Trinajstić information content (AvgIpc) is 2.68. The Morgan fingerprint density at radius 3 is 2.29 bits per heavy atom. The summed E-state index contributed by atoms with van der Waals surface area (Å²) in [7, 11) is 3.20. The van der Waals surface area contributed by atoms with Gasteiger partial charge >= 0.3 is 0 Å². The standard InChI is InChI=1S/C21H25N5O2/c1-21(2,3)14-6-8-15(9-7-14)23-19-13-22-26-20(25-19)24-17-11-10-16(27-4)12-18(17)28-5/h6-13H,1-5H3,(H2,23,24,25,26). The molecule has 0 aliphatic rings. The Morgan fingerprint density at radius 2 is 1.64 bits per heavy atom. The number of hydrogen-bond donors (Lipinski definition) is 2. The van der Waals surface area contributed by atoms with Gasteiger partial charge in [-0.25, -0.2) is 0 Å². The molecule has 3 rings (SSSR count). The molecule has 0 aliphatic carbocycles. The SMILES string of the molecule is COc1ccc(Nc2nncc(Nc3ccc(C(C)(C)C)cc3)n2)c(OC)c1. The zero-order valence-electron chi connectivity index (χ0n) is 16.8. The monoisotopic (exact) mass is 379 g/mol. The number of ether oxygens (including phenoxy) is 2. The van der Waals surface area contributed by atoms with Crippen LogP contribution in [0.1, 0.15) is 26.3 Å². The van der Waals surface area contributed by atoms with Crippen LogP contribution in [0.5, 0.6) is 11.5 Å². The van der Waals surface area contributed by atoms with Gasteiger partial charge in [-0.3, -0.25) is 0 Å². The number of nitrogens with one attached hydrogen (secondary N) is 2. The van der Waals surface area contributed by atoms with E-state index >= 15 is 0 Å². The first-order valence-corrected chi connectivity index (χ1v) is 8.95. The van der Waals surface area contributed by atoms with Gasteiger partial charge in [0.2, 0.25) is 5.95 Å². The summed E-state index contributed by atoms with van der Waals surface area (Å²) in [6.45, 7) is 6.57. The van der Waals surface area contributed by atoms with Crippen LogP contribution < -0.4 is 20.1 Å². The van der Waals surface area contributed by atoms with E-state index in [9.17, 15) is 0 Å². The second-order valence-electron chi connectivity index (χ2n) is 7.31. The second-order valence-corrected chi connectivity index (χ2v) is 7.31. The molecule has 0 atom stereocenters. The molecular formula is C21H25N5O2. The topological polar surface area (TPSA) is 81.2 Å². The normalized spacial score (nSPS) is 11.0. The lowest BCUT2D eigenvalue weighted by atomic mass is 9.87. The highest BCUT2D eigenvalue weighted by atomic mass is 16.5. The van der Waals surface area contributed by atoms with Gasteiger partial charge in [0, 0.05) is 11.8 Å². The third-order valence-corrected chi connectivity index (χ3v) is 4.24. The van der Waals surface area contributed by atoms with Crippen LogP contribution in [0.3, 0.4) is 0 Å². The van der Waals surface area contributed by atoms with Crippen molar-refractivity contribution in [2.24, 2.45) is 0 Å². The Hall–Kier alpha value is -3.35. The van der Waals surface area contributed by atoms with Gasteiger partial charge in [-0.05, 0) is 35.2 Å². The fourth-order valence-corrected chi connectivity index (χ4v) is 2.64. The molecule has 3 aromatic rings. The van der Waals surface area contributed by atoms with E-state index < -0.39 is 0 Å². The third-order valence-electron chi connectivity index (χ3n) is 4.24. The van der Waals surface area contributed by atoms with Crippen LogP contribution in [0.4, 0.5) is 23.1 Å². The van der Waals surface area contributed by atoms with Gasteiger partial charge in [-0.2, -0.15) is 10.1 Å². The maximum atomic E-state index is 5.39. The summed E-state index contributed by atoms with van der Waals surface area (Å²) in [6.07, 6.45) is 1.58. The summed E-state index contributed by atoms with van der Waals surface area (Å²) in [5, 5.41) is 14.4. The van der Waals surface area contributed by atoms with Crippen molar-refractivity contribution in [3.05, 3.63) is 54.2 Å². The van der Waals surface area contributed by atoms with Gasteiger partial charge in [0.1, 0.15) is 11.5 Å². The van der Waals surface area contributed by atoms with Gasteiger partial charge in [0.25, 0.3) is 0 Å². The summed E-state index contributed by atoms with van der Waals surface area (Å²) in [4.78, 5) is 4.47. The predicted molar refractivity (Wildman–Crippen MR) is 111 cm³/mol. The van der Waals surface area contributed by atoms with Gasteiger partial charge in [0.05, 0.1) is 26.1 Å². The molecule has 7 heteroatoms. The summed E-state index contributed by atoms with van der Waals surface area (Å²) < 4.78 is 10.6. The van der Waals surface area contributed by atoms with Crippen LogP contribution in [-0.2, 0) is 5.41 Å². The molecule has 0 saturated heterocycles. The van der Waals surface area contributed by atoms with Gasteiger partial charge < -0.3 is 20.1 Å². The lowest BCUT2D eigenvalue weighted by Gasteiger charge is -2.19. The molecule has 2 N–H and O–H groups in total. The Morgan fingerprint density at radius 1 is 0.893 bits per heavy atom. The average molecular weight is 379 g/mol. The molecule has 0 amide bonds. The van der Waals surface area contributed by atoms with Crippen LogP contribution in [0.15, 0.2) is 48.7 Å². The quantitative estimate of drug-likeness (QED) is 0.644.